The van der Waals surface area contributed by atoms with Crippen molar-refractivity contribution >= 4 is 17.5 Å². The number of likely N-dealkylation sites (tertiary alicyclic amines) is 1. The molecule has 2 amide bonds. The Labute approximate surface area is 165 Å². The number of hydrogen-bond acceptors (Lipinski definition) is 3. The number of rotatable bonds is 3. The number of amides is 2. The van der Waals surface area contributed by atoms with Gasteiger partial charge in [0.2, 0.25) is 0 Å². The molecule has 0 saturated carbocycles. The molecule has 5 nitrogen and oxygen atoms in total. The van der Waals surface area contributed by atoms with E-state index in [1.54, 1.807) is 31.4 Å². The summed E-state index contributed by atoms with van der Waals surface area (Å²) in [5.41, 5.74) is 1.96. The van der Waals surface area contributed by atoms with Crippen LogP contribution in [0.15, 0.2) is 48.5 Å². The van der Waals surface area contributed by atoms with Gasteiger partial charge in [0.15, 0.2) is 0 Å². The molecule has 146 valence electrons. The Morgan fingerprint density at radius 3 is 2.25 bits per heavy atom. The second-order valence-corrected chi connectivity index (χ2v) is 7.72. The van der Waals surface area contributed by atoms with Crippen molar-refractivity contribution in [1.82, 2.24) is 4.90 Å². The van der Waals surface area contributed by atoms with Crippen LogP contribution in [0.4, 0.5) is 5.69 Å². The monoisotopic (exact) mass is 378 g/mol. The highest BCUT2D eigenvalue weighted by molar-refractivity contribution is 6.06. The van der Waals surface area contributed by atoms with Crippen molar-refractivity contribution in [2.24, 2.45) is 0 Å². The lowest BCUT2D eigenvalue weighted by Crippen LogP contribution is -2.61. The first-order valence-corrected chi connectivity index (χ1v) is 9.90. The van der Waals surface area contributed by atoms with Crippen LogP contribution in [0.1, 0.15) is 41.6 Å². The van der Waals surface area contributed by atoms with Crippen molar-refractivity contribution in [3.8, 4) is 5.75 Å². The fourth-order valence-electron chi connectivity index (χ4n) is 4.51. The molecule has 2 fully saturated rings. The average Bonchev–Trinajstić information content (AvgIpc) is 3.15. The summed E-state index contributed by atoms with van der Waals surface area (Å²) in [6, 6.07) is 15.2. The van der Waals surface area contributed by atoms with E-state index in [0.29, 0.717) is 24.4 Å². The fraction of sp³-hybridized carbons (Fsp3) is 0.391. The lowest BCUT2D eigenvalue weighted by molar-refractivity contribution is -0.130. The number of nitrogens with zero attached hydrogens (tertiary/aromatic N) is 2. The predicted molar refractivity (Wildman–Crippen MR) is 109 cm³/mol. The van der Waals surface area contributed by atoms with E-state index in [2.05, 4.69) is 0 Å². The molecule has 0 aromatic heterocycles. The Kier molecular flexibility index (Phi) is 4.84. The molecule has 28 heavy (non-hydrogen) atoms. The minimum atomic E-state index is -0.722. The average molecular weight is 378 g/mol. The van der Waals surface area contributed by atoms with E-state index in [1.165, 1.54) is 5.56 Å². The number of anilines is 1. The Morgan fingerprint density at radius 2 is 1.61 bits per heavy atom. The third kappa shape index (κ3) is 3.05. The molecule has 0 aliphatic carbocycles. The molecule has 2 aromatic rings. The van der Waals surface area contributed by atoms with E-state index in [4.69, 9.17) is 4.74 Å². The first kappa shape index (κ1) is 18.5. The number of ether oxygens (including phenoxy) is 1. The van der Waals surface area contributed by atoms with Crippen LogP contribution in [0.5, 0.6) is 5.75 Å². The summed E-state index contributed by atoms with van der Waals surface area (Å²) in [5.74, 6) is 0.702. The molecule has 2 heterocycles. The molecular formula is C23H26N2O3. The minimum absolute atomic E-state index is 0.0574. The van der Waals surface area contributed by atoms with Crippen molar-refractivity contribution in [3.05, 3.63) is 59.7 Å². The molecule has 1 spiro atoms. The van der Waals surface area contributed by atoms with Gasteiger partial charge in [-0.15, -0.1) is 0 Å². The van der Waals surface area contributed by atoms with Gasteiger partial charge in [0.05, 0.1) is 7.11 Å². The normalized spacial score (nSPS) is 22.0. The number of carbonyl (C=O) groups is 2. The maximum absolute atomic E-state index is 13.6. The van der Waals surface area contributed by atoms with Crippen LogP contribution in [0, 0.1) is 6.92 Å². The summed E-state index contributed by atoms with van der Waals surface area (Å²) in [7, 11) is 1.60. The van der Waals surface area contributed by atoms with Crippen LogP contribution in [0.3, 0.4) is 0 Å². The van der Waals surface area contributed by atoms with Crippen molar-refractivity contribution in [1.29, 1.82) is 0 Å². The van der Waals surface area contributed by atoms with Crippen molar-refractivity contribution in [3.63, 3.8) is 0 Å². The number of carbonyl (C=O) groups excluding carboxylic acids is 2. The molecule has 5 heteroatoms. The van der Waals surface area contributed by atoms with E-state index in [9.17, 15) is 9.59 Å². The van der Waals surface area contributed by atoms with Crippen LogP contribution in [0.25, 0.3) is 0 Å². The number of methoxy groups -OCH3 is 1. The molecule has 0 bridgehead atoms. The number of benzene rings is 2. The summed E-state index contributed by atoms with van der Waals surface area (Å²) < 4.78 is 5.19. The highest BCUT2D eigenvalue weighted by atomic mass is 16.5. The van der Waals surface area contributed by atoms with Crippen molar-refractivity contribution in [2.45, 2.75) is 38.1 Å². The quantitative estimate of drug-likeness (QED) is 0.816. The second kappa shape index (κ2) is 7.30. The molecular weight excluding hydrogens is 352 g/mol. The first-order valence-electron chi connectivity index (χ1n) is 9.90. The van der Waals surface area contributed by atoms with Gasteiger partial charge in [0.25, 0.3) is 11.8 Å². The first-order chi connectivity index (χ1) is 13.5. The van der Waals surface area contributed by atoms with E-state index in [-0.39, 0.29) is 11.8 Å². The smallest absolute Gasteiger partial charge is 0.254 e. The van der Waals surface area contributed by atoms with Crippen LogP contribution >= 0.6 is 0 Å². The van der Waals surface area contributed by atoms with E-state index < -0.39 is 5.54 Å². The van der Waals surface area contributed by atoms with E-state index in [1.807, 2.05) is 41.0 Å². The maximum Gasteiger partial charge on any atom is 0.254 e. The zero-order valence-electron chi connectivity index (χ0n) is 16.5. The van der Waals surface area contributed by atoms with E-state index in [0.717, 1.165) is 31.4 Å². The summed E-state index contributed by atoms with van der Waals surface area (Å²) in [5, 5.41) is 0. The van der Waals surface area contributed by atoms with Gasteiger partial charge in [-0.25, -0.2) is 0 Å². The van der Waals surface area contributed by atoms with Gasteiger partial charge in [-0.1, -0.05) is 17.7 Å². The van der Waals surface area contributed by atoms with Gasteiger partial charge in [-0.2, -0.15) is 0 Å². The standard InChI is InChI=1S/C23H26N2O3/c1-17-5-9-19(10-6-17)24-15-3-13-23(22(24)27)14-4-16-25(23)21(26)18-7-11-20(28-2)12-8-18/h5-12H,3-4,13-16H2,1-2H3. The molecule has 2 saturated heterocycles. The largest absolute Gasteiger partial charge is 0.497 e. The summed E-state index contributed by atoms with van der Waals surface area (Å²) in [6.07, 6.45) is 3.22. The molecule has 4 rings (SSSR count). The van der Waals surface area contributed by atoms with Crippen molar-refractivity contribution < 1.29 is 14.3 Å². The highest BCUT2D eigenvalue weighted by Gasteiger charge is 2.53. The summed E-state index contributed by atoms with van der Waals surface area (Å²) in [4.78, 5) is 30.5. The molecule has 0 radical (unpaired) electrons. The van der Waals surface area contributed by atoms with Gasteiger partial charge in [-0.05, 0) is 69.0 Å². The molecule has 0 N–H and O–H groups in total. The van der Waals surface area contributed by atoms with Gasteiger partial charge in [-0.3, -0.25) is 9.59 Å². The Morgan fingerprint density at radius 1 is 0.964 bits per heavy atom. The van der Waals surface area contributed by atoms with Crippen molar-refractivity contribution in [2.75, 3.05) is 25.1 Å². The maximum atomic E-state index is 13.6. The van der Waals surface area contributed by atoms with Crippen LogP contribution in [0.2, 0.25) is 0 Å². The Balaban J connectivity index is 1.63. The third-order valence-corrected chi connectivity index (χ3v) is 6.03. The third-order valence-electron chi connectivity index (χ3n) is 6.03. The van der Waals surface area contributed by atoms with Crippen LogP contribution < -0.4 is 9.64 Å². The molecule has 1 atom stereocenters. The lowest BCUT2D eigenvalue weighted by atomic mass is 9.84. The summed E-state index contributed by atoms with van der Waals surface area (Å²) in [6.45, 7) is 3.36. The van der Waals surface area contributed by atoms with Crippen LogP contribution in [-0.2, 0) is 4.79 Å². The number of hydrogen-bond donors (Lipinski definition) is 0. The zero-order chi connectivity index (χ0) is 19.7. The van der Waals surface area contributed by atoms with Gasteiger partial charge >= 0.3 is 0 Å². The fourth-order valence-corrected chi connectivity index (χ4v) is 4.51. The molecule has 1 unspecified atom stereocenters. The number of piperidine rings is 1. The topological polar surface area (TPSA) is 49.9 Å². The van der Waals surface area contributed by atoms with Gasteiger partial charge in [0.1, 0.15) is 11.3 Å². The molecule has 2 aliphatic heterocycles. The molecule has 2 aromatic carbocycles. The predicted octanol–water partition coefficient (Wildman–Crippen LogP) is 3.81. The minimum Gasteiger partial charge on any atom is -0.497 e. The Hall–Kier alpha value is -2.82. The summed E-state index contributed by atoms with van der Waals surface area (Å²) >= 11 is 0. The van der Waals surface area contributed by atoms with Crippen LogP contribution in [-0.4, -0.2) is 42.5 Å². The highest BCUT2D eigenvalue weighted by Crippen LogP contribution is 2.40. The van der Waals surface area contributed by atoms with Gasteiger partial charge in [0, 0.05) is 24.3 Å². The lowest BCUT2D eigenvalue weighted by Gasteiger charge is -2.44. The molecule has 2 aliphatic rings. The number of aryl methyl sites for hydroxylation is 1. The Bertz CT molecular complexity index is 876. The second-order valence-electron chi connectivity index (χ2n) is 7.72. The SMILES string of the molecule is COc1ccc(C(=O)N2CCCC23CCCN(c2ccc(C)cc2)C3=O)cc1. The zero-order valence-corrected chi connectivity index (χ0v) is 16.5. The van der Waals surface area contributed by atoms with E-state index >= 15 is 0 Å². The van der Waals surface area contributed by atoms with Gasteiger partial charge < -0.3 is 14.5 Å².